The summed E-state index contributed by atoms with van der Waals surface area (Å²) in [5.41, 5.74) is 7.63. The van der Waals surface area contributed by atoms with E-state index in [1.807, 2.05) is 18.3 Å². The van der Waals surface area contributed by atoms with E-state index < -0.39 is 0 Å². The minimum atomic E-state index is -0.0730. The number of aromatic nitrogens is 5. The fourth-order valence-corrected chi connectivity index (χ4v) is 3.58. The van der Waals surface area contributed by atoms with Crippen LogP contribution in [0.3, 0.4) is 0 Å². The van der Waals surface area contributed by atoms with Gasteiger partial charge in [0.15, 0.2) is 10.7 Å². The van der Waals surface area contributed by atoms with Crippen LogP contribution in [0.1, 0.15) is 19.8 Å². The Morgan fingerprint density at radius 3 is 2.75 bits per heavy atom. The first-order valence-electron chi connectivity index (χ1n) is 7.94. The molecule has 3 aromatic rings. The number of H-pyrrole nitrogens is 1. The van der Waals surface area contributed by atoms with Gasteiger partial charge in [0.05, 0.1) is 6.20 Å². The SMILES string of the molecule is CC1(N)CCN(c2cnc3c(Sc4ccncc4)n[nH]c3n2)CC1. The third-order valence-corrected chi connectivity index (χ3v) is 5.31. The first kappa shape index (κ1) is 15.3. The number of fused-ring (bicyclic) bond motifs is 1. The lowest BCUT2D eigenvalue weighted by molar-refractivity contribution is 0.363. The van der Waals surface area contributed by atoms with Gasteiger partial charge in [-0.05, 0) is 31.9 Å². The highest BCUT2D eigenvalue weighted by Gasteiger charge is 2.27. The number of rotatable bonds is 3. The standard InChI is InChI=1S/C16H19N7S/c1-16(17)4-8-23(9-5-16)12-10-19-13-14(20-12)21-22-15(13)24-11-2-6-18-7-3-11/h2-3,6-7,10H,4-5,8-9,17H2,1H3,(H,20,21,22). The van der Waals surface area contributed by atoms with Crippen LogP contribution in [-0.4, -0.2) is 43.8 Å². The zero-order valence-corrected chi connectivity index (χ0v) is 14.3. The summed E-state index contributed by atoms with van der Waals surface area (Å²) >= 11 is 1.55. The molecule has 7 nitrogen and oxygen atoms in total. The van der Waals surface area contributed by atoms with E-state index >= 15 is 0 Å². The van der Waals surface area contributed by atoms with E-state index in [0.717, 1.165) is 47.2 Å². The van der Waals surface area contributed by atoms with Gasteiger partial charge in [0, 0.05) is 35.9 Å². The van der Waals surface area contributed by atoms with Gasteiger partial charge in [-0.25, -0.2) is 9.97 Å². The largest absolute Gasteiger partial charge is 0.355 e. The van der Waals surface area contributed by atoms with E-state index in [9.17, 15) is 0 Å². The molecule has 4 heterocycles. The quantitative estimate of drug-likeness (QED) is 0.754. The van der Waals surface area contributed by atoms with Crippen molar-refractivity contribution in [1.82, 2.24) is 25.1 Å². The van der Waals surface area contributed by atoms with Gasteiger partial charge in [0.25, 0.3) is 0 Å². The first-order valence-corrected chi connectivity index (χ1v) is 8.75. The molecule has 0 amide bonds. The van der Waals surface area contributed by atoms with Gasteiger partial charge in [-0.15, -0.1) is 0 Å². The van der Waals surface area contributed by atoms with Gasteiger partial charge in [-0.2, -0.15) is 5.10 Å². The molecular formula is C16H19N7S. The molecule has 1 fully saturated rings. The first-order chi connectivity index (χ1) is 11.6. The van der Waals surface area contributed by atoms with E-state index in [2.05, 4.69) is 37.0 Å². The maximum absolute atomic E-state index is 6.20. The molecule has 0 radical (unpaired) electrons. The Hall–Kier alpha value is -2.19. The summed E-state index contributed by atoms with van der Waals surface area (Å²) in [6.07, 6.45) is 7.27. The van der Waals surface area contributed by atoms with Gasteiger partial charge in [0.1, 0.15) is 11.3 Å². The number of pyridine rings is 1. The van der Waals surface area contributed by atoms with Crippen molar-refractivity contribution in [2.45, 2.75) is 35.2 Å². The number of hydrogen-bond donors (Lipinski definition) is 2. The molecule has 0 spiro atoms. The second kappa shape index (κ2) is 6.03. The van der Waals surface area contributed by atoms with Crippen LogP contribution in [0.4, 0.5) is 5.82 Å². The van der Waals surface area contributed by atoms with Crippen LogP contribution >= 0.6 is 11.8 Å². The molecule has 0 bridgehead atoms. The number of nitrogens with one attached hydrogen (secondary N) is 1. The van der Waals surface area contributed by atoms with Crippen molar-refractivity contribution in [3.8, 4) is 0 Å². The molecule has 24 heavy (non-hydrogen) atoms. The molecule has 8 heteroatoms. The summed E-state index contributed by atoms with van der Waals surface area (Å²) in [7, 11) is 0. The second-order valence-corrected chi connectivity index (χ2v) is 7.44. The monoisotopic (exact) mass is 341 g/mol. The van der Waals surface area contributed by atoms with Gasteiger partial charge in [0.2, 0.25) is 0 Å². The highest BCUT2D eigenvalue weighted by Crippen LogP contribution is 2.30. The zero-order chi connectivity index (χ0) is 16.6. The topological polar surface area (TPSA) is 96.6 Å². The summed E-state index contributed by atoms with van der Waals surface area (Å²) in [5.74, 6) is 0.877. The molecule has 1 saturated heterocycles. The van der Waals surface area contributed by atoms with Crippen LogP contribution < -0.4 is 10.6 Å². The summed E-state index contributed by atoms with van der Waals surface area (Å²) in [6, 6.07) is 3.90. The van der Waals surface area contributed by atoms with Gasteiger partial charge in [-0.3, -0.25) is 10.1 Å². The Kier molecular flexibility index (Phi) is 3.85. The van der Waals surface area contributed by atoms with E-state index in [4.69, 9.17) is 5.73 Å². The van der Waals surface area contributed by atoms with Gasteiger partial charge in [-0.1, -0.05) is 11.8 Å². The Morgan fingerprint density at radius 1 is 1.25 bits per heavy atom. The molecular weight excluding hydrogens is 322 g/mol. The average Bonchev–Trinajstić information content (AvgIpc) is 2.98. The van der Waals surface area contributed by atoms with Crippen LogP contribution in [0.5, 0.6) is 0 Å². The highest BCUT2D eigenvalue weighted by atomic mass is 32.2. The molecule has 1 aliphatic rings. The van der Waals surface area contributed by atoms with Crippen LogP contribution in [0, 0.1) is 0 Å². The van der Waals surface area contributed by atoms with Crippen molar-refractivity contribution in [1.29, 1.82) is 0 Å². The molecule has 4 rings (SSSR count). The molecule has 0 unspecified atom stereocenters. The Labute approximate surface area is 144 Å². The van der Waals surface area contributed by atoms with E-state index in [1.54, 1.807) is 24.2 Å². The molecule has 0 aliphatic carbocycles. The fourth-order valence-electron chi connectivity index (χ4n) is 2.76. The maximum atomic E-state index is 6.20. The molecule has 3 N–H and O–H groups in total. The van der Waals surface area contributed by atoms with Crippen LogP contribution in [0.25, 0.3) is 11.2 Å². The molecule has 124 valence electrons. The number of aromatic amines is 1. The molecule has 0 aromatic carbocycles. The summed E-state index contributed by atoms with van der Waals surface area (Å²) < 4.78 is 0. The van der Waals surface area contributed by atoms with Crippen molar-refractivity contribution in [3.63, 3.8) is 0 Å². The van der Waals surface area contributed by atoms with Gasteiger partial charge >= 0.3 is 0 Å². The Morgan fingerprint density at radius 2 is 2.00 bits per heavy atom. The third kappa shape index (κ3) is 3.07. The lowest BCUT2D eigenvalue weighted by Gasteiger charge is -2.37. The second-order valence-electron chi connectivity index (χ2n) is 6.38. The van der Waals surface area contributed by atoms with E-state index in [-0.39, 0.29) is 5.54 Å². The number of hydrogen-bond acceptors (Lipinski definition) is 7. The predicted octanol–water partition coefficient (Wildman–Crippen LogP) is 2.22. The van der Waals surface area contributed by atoms with Crippen molar-refractivity contribution < 1.29 is 0 Å². The summed E-state index contributed by atoms with van der Waals surface area (Å²) in [4.78, 5) is 16.6. The molecule has 1 aliphatic heterocycles. The molecule has 0 saturated carbocycles. The lowest BCUT2D eigenvalue weighted by atomic mass is 9.91. The van der Waals surface area contributed by atoms with Crippen LogP contribution in [-0.2, 0) is 0 Å². The Balaban J connectivity index is 1.57. The van der Waals surface area contributed by atoms with Crippen molar-refractivity contribution in [2.75, 3.05) is 18.0 Å². The zero-order valence-electron chi connectivity index (χ0n) is 13.4. The van der Waals surface area contributed by atoms with E-state index in [1.165, 1.54) is 0 Å². The normalized spacial score (nSPS) is 17.3. The van der Waals surface area contributed by atoms with Gasteiger partial charge < -0.3 is 10.6 Å². The fraction of sp³-hybridized carbons (Fsp3) is 0.375. The molecule has 0 atom stereocenters. The predicted molar refractivity (Wildman–Crippen MR) is 94.1 cm³/mol. The maximum Gasteiger partial charge on any atom is 0.177 e. The van der Waals surface area contributed by atoms with Crippen molar-refractivity contribution in [3.05, 3.63) is 30.7 Å². The Bertz CT molecular complexity index is 836. The lowest BCUT2D eigenvalue weighted by Crippen LogP contribution is -2.48. The minimum absolute atomic E-state index is 0.0730. The summed E-state index contributed by atoms with van der Waals surface area (Å²) in [5, 5.41) is 8.17. The van der Waals surface area contributed by atoms with Crippen LogP contribution in [0.2, 0.25) is 0 Å². The minimum Gasteiger partial charge on any atom is -0.355 e. The van der Waals surface area contributed by atoms with Crippen LogP contribution in [0.15, 0.2) is 40.6 Å². The summed E-state index contributed by atoms with van der Waals surface area (Å²) in [6.45, 7) is 3.91. The molecule has 3 aromatic heterocycles. The smallest absolute Gasteiger partial charge is 0.177 e. The number of nitrogens with two attached hydrogens (primary N) is 1. The van der Waals surface area contributed by atoms with Crippen molar-refractivity contribution >= 4 is 28.7 Å². The van der Waals surface area contributed by atoms with Crippen molar-refractivity contribution in [2.24, 2.45) is 5.73 Å². The number of nitrogens with zero attached hydrogens (tertiary/aromatic N) is 5. The number of piperidine rings is 1. The average molecular weight is 341 g/mol. The third-order valence-electron chi connectivity index (χ3n) is 4.32. The van der Waals surface area contributed by atoms with E-state index in [0.29, 0.717) is 5.65 Å². The highest BCUT2D eigenvalue weighted by molar-refractivity contribution is 7.99. The number of anilines is 1.